The molecule has 86 valence electrons. The Balaban J connectivity index is 2.07. The van der Waals surface area contributed by atoms with E-state index in [9.17, 15) is 10.1 Å². The molecule has 1 aliphatic rings. The van der Waals surface area contributed by atoms with Gasteiger partial charge in [-0.25, -0.2) is 0 Å². The molecule has 0 radical (unpaired) electrons. The maximum Gasteiger partial charge on any atom is 0.269 e. The van der Waals surface area contributed by atoms with Crippen molar-refractivity contribution in [3.63, 3.8) is 0 Å². The highest BCUT2D eigenvalue weighted by Crippen LogP contribution is 2.32. The summed E-state index contributed by atoms with van der Waals surface area (Å²) < 4.78 is 0. The van der Waals surface area contributed by atoms with E-state index in [4.69, 9.17) is 0 Å². The molecule has 0 aliphatic heterocycles. The second-order valence-corrected chi connectivity index (χ2v) is 4.56. The number of nitrogens with zero attached hydrogens (tertiary/aromatic N) is 1. The Morgan fingerprint density at radius 3 is 2.81 bits per heavy atom. The first-order valence-electron chi connectivity index (χ1n) is 5.58. The molecule has 0 amide bonds. The van der Waals surface area contributed by atoms with E-state index in [1.165, 1.54) is 12.5 Å². The third kappa shape index (κ3) is 2.39. The third-order valence-electron chi connectivity index (χ3n) is 3.15. The largest absolute Gasteiger partial charge is 0.307 e. The number of hydrogen-bond donors (Lipinski definition) is 1. The van der Waals surface area contributed by atoms with Crippen molar-refractivity contribution in [2.75, 3.05) is 0 Å². The Hall–Kier alpha value is -1.42. The summed E-state index contributed by atoms with van der Waals surface area (Å²) in [6.45, 7) is 4.25. The summed E-state index contributed by atoms with van der Waals surface area (Å²) in [5.74, 6) is 0.737. The molecule has 3 unspecified atom stereocenters. The van der Waals surface area contributed by atoms with Crippen LogP contribution in [0.4, 0.5) is 5.69 Å². The maximum atomic E-state index is 10.6. The summed E-state index contributed by atoms with van der Waals surface area (Å²) in [5, 5.41) is 14.1. The van der Waals surface area contributed by atoms with E-state index in [0.29, 0.717) is 6.04 Å². The highest BCUT2D eigenvalue weighted by Gasteiger charge is 2.33. The minimum Gasteiger partial charge on any atom is -0.307 e. The molecule has 0 saturated heterocycles. The normalized spacial score (nSPS) is 25.1. The van der Waals surface area contributed by atoms with E-state index in [1.54, 1.807) is 12.1 Å². The number of hydrogen-bond acceptors (Lipinski definition) is 3. The molecular weight excluding hydrogens is 204 g/mol. The number of nitro groups is 1. The van der Waals surface area contributed by atoms with Gasteiger partial charge in [-0.2, -0.15) is 0 Å². The lowest BCUT2D eigenvalue weighted by Gasteiger charge is -2.13. The van der Waals surface area contributed by atoms with Gasteiger partial charge >= 0.3 is 0 Å². The summed E-state index contributed by atoms with van der Waals surface area (Å²) >= 11 is 0. The molecule has 0 bridgehead atoms. The minimum atomic E-state index is -0.351. The summed E-state index contributed by atoms with van der Waals surface area (Å²) in [5.41, 5.74) is 1.14. The second kappa shape index (κ2) is 4.22. The summed E-state index contributed by atoms with van der Waals surface area (Å²) in [7, 11) is 0. The molecule has 1 N–H and O–H groups in total. The first-order valence-corrected chi connectivity index (χ1v) is 5.58. The van der Waals surface area contributed by atoms with Crippen molar-refractivity contribution >= 4 is 5.69 Å². The van der Waals surface area contributed by atoms with Gasteiger partial charge in [0.05, 0.1) is 4.92 Å². The number of non-ortho nitro benzene ring substituents is 1. The Morgan fingerprint density at radius 2 is 2.25 bits per heavy atom. The fourth-order valence-electron chi connectivity index (χ4n) is 1.88. The van der Waals surface area contributed by atoms with Gasteiger partial charge in [-0.1, -0.05) is 19.1 Å². The van der Waals surface area contributed by atoms with Gasteiger partial charge in [0.25, 0.3) is 5.69 Å². The number of nitrogens with one attached hydrogen (secondary N) is 1. The van der Waals surface area contributed by atoms with Crippen LogP contribution in [0, 0.1) is 16.0 Å². The van der Waals surface area contributed by atoms with Crippen LogP contribution >= 0.6 is 0 Å². The van der Waals surface area contributed by atoms with Crippen LogP contribution in [0.1, 0.15) is 31.9 Å². The maximum absolute atomic E-state index is 10.6. The van der Waals surface area contributed by atoms with Crippen LogP contribution in [0.25, 0.3) is 0 Å². The van der Waals surface area contributed by atoms with Gasteiger partial charge in [0.15, 0.2) is 0 Å². The van der Waals surface area contributed by atoms with Crippen LogP contribution in [-0.4, -0.2) is 11.0 Å². The van der Waals surface area contributed by atoms with Crippen molar-refractivity contribution < 1.29 is 4.92 Å². The van der Waals surface area contributed by atoms with Crippen molar-refractivity contribution in [3.05, 3.63) is 39.9 Å². The summed E-state index contributed by atoms with van der Waals surface area (Å²) in [4.78, 5) is 10.3. The molecule has 2 rings (SSSR count). The Bertz CT molecular complexity index is 406. The molecule has 1 aliphatic carbocycles. The first kappa shape index (κ1) is 11.1. The SMILES string of the molecule is CC(NC1CC1C)c1cccc([N+](=O)[O-])c1. The highest BCUT2D eigenvalue weighted by molar-refractivity contribution is 5.35. The molecule has 4 nitrogen and oxygen atoms in total. The van der Waals surface area contributed by atoms with Crippen molar-refractivity contribution in [2.45, 2.75) is 32.4 Å². The average Bonchev–Trinajstić information content (AvgIpc) is 2.94. The molecule has 0 spiro atoms. The fourth-order valence-corrected chi connectivity index (χ4v) is 1.88. The minimum absolute atomic E-state index is 0.162. The Labute approximate surface area is 94.8 Å². The summed E-state index contributed by atoms with van der Waals surface area (Å²) in [6, 6.07) is 7.59. The van der Waals surface area contributed by atoms with Crippen LogP contribution in [0.3, 0.4) is 0 Å². The molecule has 1 aromatic rings. The molecule has 1 fully saturated rings. The molecule has 4 heteroatoms. The van der Waals surface area contributed by atoms with Crippen molar-refractivity contribution in [1.82, 2.24) is 5.32 Å². The molecule has 1 aromatic carbocycles. The third-order valence-corrected chi connectivity index (χ3v) is 3.15. The lowest BCUT2D eigenvalue weighted by Crippen LogP contribution is -2.22. The van der Waals surface area contributed by atoms with Gasteiger partial charge in [0.1, 0.15) is 0 Å². The van der Waals surface area contributed by atoms with E-state index in [1.807, 2.05) is 13.0 Å². The molecule has 3 atom stereocenters. The van der Waals surface area contributed by atoms with Gasteiger partial charge in [-0.3, -0.25) is 10.1 Å². The van der Waals surface area contributed by atoms with Crippen LogP contribution in [0.5, 0.6) is 0 Å². The van der Waals surface area contributed by atoms with Crippen molar-refractivity contribution in [3.8, 4) is 0 Å². The van der Waals surface area contributed by atoms with E-state index < -0.39 is 0 Å². The molecule has 0 heterocycles. The van der Waals surface area contributed by atoms with Crippen molar-refractivity contribution in [2.24, 2.45) is 5.92 Å². The predicted octanol–water partition coefficient (Wildman–Crippen LogP) is 2.65. The fraction of sp³-hybridized carbons (Fsp3) is 0.500. The number of benzene rings is 1. The average molecular weight is 220 g/mol. The van der Waals surface area contributed by atoms with Crippen LogP contribution in [0.15, 0.2) is 24.3 Å². The van der Waals surface area contributed by atoms with Crippen molar-refractivity contribution in [1.29, 1.82) is 0 Å². The lowest BCUT2D eigenvalue weighted by molar-refractivity contribution is -0.384. The molecule has 1 saturated carbocycles. The standard InChI is InChI=1S/C12H16N2O2/c1-8-6-12(8)13-9(2)10-4-3-5-11(7-10)14(15)16/h3-5,7-9,12-13H,6H2,1-2H3. The number of nitro benzene ring substituents is 1. The second-order valence-electron chi connectivity index (χ2n) is 4.56. The van der Waals surface area contributed by atoms with Gasteiger partial charge in [-0.15, -0.1) is 0 Å². The molecular formula is C12H16N2O2. The van der Waals surface area contributed by atoms with E-state index in [-0.39, 0.29) is 16.7 Å². The van der Waals surface area contributed by atoms with Gasteiger partial charge in [0, 0.05) is 24.2 Å². The molecule has 16 heavy (non-hydrogen) atoms. The van der Waals surface area contributed by atoms with Crippen LogP contribution < -0.4 is 5.32 Å². The lowest BCUT2D eigenvalue weighted by atomic mass is 10.1. The van der Waals surface area contributed by atoms with Gasteiger partial charge < -0.3 is 5.32 Å². The topological polar surface area (TPSA) is 55.2 Å². The zero-order chi connectivity index (χ0) is 11.7. The van der Waals surface area contributed by atoms with Gasteiger partial charge in [-0.05, 0) is 24.8 Å². The monoisotopic (exact) mass is 220 g/mol. The Morgan fingerprint density at radius 1 is 1.56 bits per heavy atom. The van der Waals surface area contributed by atoms with E-state index >= 15 is 0 Å². The molecule has 0 aromatic heterocycles. The van der Waals surface area contributed by atoms with E-state index in [2.05, 4.69) is 12.2 Å². The first-order chi connectivity index (χ1) is 7.58. The highest BCUT2D eigenvalue weighted by atomic mass is 16.6. The summed E-state index contributed by atoms with van der Waals surface area (Å²) in [6.07, 6.45) is 1.21. The number of rotatable bonds is 4. The predicted molar refractivity (Wildman–Crippen MR) is 62.2 cm³/mol. The van der Waals surface area contributed by atoms with Gasteiger partial charge in [0.2, 0.25) is 0 Å². The Kier molecular flexibility index (Phi) is 2.92. The quantitative estimate of drug-likeness (QED) is 0.627. The smallest absolute Gasteiger partial charge is 0.269 e. The van der Waals surface area contributed by atoms with E-state index in [0.717, 1.165) is 11.5 Å². The zero-order valence-electron chi connectivity index (χ0n) is 9.51. The van der Waals surface area contributed by atoms with Crippen LogP contribution in [0.2, 0.25) is 0 Å². The van der Waals surface area contributed by atoms with Crippen LogP contribution in [-0.2, 0) is 0 Å². The zero-order valence-corrected chi connectivity index (χ0v) is 9.51.